The van der Waals surface area contributed by atoms with Crippen LogP contribution in [0.5, 0.6) is 0 Å². The molecule has 3 rings (SSSR count). The van der Waals surface area contributed by atoms with Crippen LogP contribution in [0.1, 0.15) is 33.6 Å². The van der Waals surface area contributed by atoms with Crippen molar-refractivity contribution in [3.8, 4) is 0 Å². The molecule has 6 heteroatoms. The number of aromatic nitrogens is 1. The first-order valence-corrected chi connectivity index (χ1v) is 7.31. The summed E-state index contributed by atoms with van der Waals surface area (Å²) < 4.78 is 38.5. The highest BCUT2D eigenvalue weighted by molar-refractivity contribution is 6.06. The molecule has 0 bridgehead atoms. The second-order valence-electron chi connectivity index (χ2n) is 5.59. The lowest BCUT2D eigenvalue weighted by Crippen LogP contribution is -2.35. The molecule has 0 aliphatic carbocycles. The number of hydrogen-bond acceptors (Lipinski definition) is 2. The third-order valence-corrected chi connectivity index (χ3v) is 3.93. The number of anilines is 1. The fraction of sp³-hybridized carbons (Fsp3) is 0.294. The normalized spacial score (nSPS) is 14.5. The fourth-order valence-corrected chi connectivity index (χ4v) is 2.73. The first-order chi connectivity index (χ1) is 10.9. The Balaban J connectivity index is 1.95. The van der Waals surface area contributed by atoms with Crippen molar-refractivity contribution in [2.45, 2.75) is 25.9 Å². The highest BCUT2D eigenvalue weighted by Crippen LogP contribution is 2.35. The molecule has 1 aliphatic heterocycles. The zero-order chi connectivity index (χ0) is 16.6. The van der Waals surface area contributed by atoms with E-state index in [1.54, 1.807) is 12.1 Å². The lowest BCUT2D eigenvalue weighted by atomic mass is 9.98. The van der Waals surface area contributed by atoms with E-state index in [1.165, 1.54) is 17.2 Å². The Hall–Kier alpha value is -2.37. The van der Waals surface area contributed by atoms with E-state index in [2.05, 4.69) is 4.98 Å². The average Bonchev–Trinajstić information content (AvgIpc) is 2.53. The monoisotopic (exact) mass is 320 g/mol. The van der Waals surface area contributed by atoms with Gasteiger partial charge in [0.05, 0.1) is 11.1 Å². The number of pyridine rings is 1. The van der Waals surface area contributed by atoms with E-state index in [0.717, 1.165) is 17.8 Å². The van der Waals surface area contributed by atoms with Crippen molar-refractivity contribution in [3.63, 3.8) is 0 Å². The minimum atomic E-state index is -4.37. The first kappa shape index (κ1) is 15.5. The van der Waals surface area contributed by atoms with Gasteiger partial charge in [0.25, 0.3) is 5.91 Å². The highest BCUT2D eigenvalue weighted by Gasteiger charge is 2.32. The van der Waals surface area contributed by atoms with Crippen LogP contribution in [0.4, 0.5) is 18.9 Å². The molecular weight excluding hydrogens is 305 g/mol. The number of hydrogen-bond donors (Lipinski definition) is 0. The maximum atomic E-state index is 12.8. The third kappa shape index (κ3) is 3.06. The van der Waals surface area contributed by atoms with Gasteiger partial charge in [0, 0.05) is 24.1 Å². The van der Waals surface area contributed by atoms with E-state index >= 15 is 0 Å². The minimum absolute atomic E-state index is 0.238. The van der Waals surface area contributed by atoms with Crippen LogP contribution in [0.25, 0.3) is 0 Å². The molecule has 0 atom stereocenters. The molecule has 2 aromatic rings. The zero-order valence-electron chi connectivity index (χ0n) is 12.5. The van der Waals surface area contributed by atoms with E-state index in [-0.39, 0.29) is 5.91 Å². The molecule has 1 aliphatic rings. The summed E-state index contributed by atoms with van der Waals surface area (Å²) in [5.74, 6) is -0.238. The van der Waals surface area contributed by atoms with Crippen LogP contribution >= 0.6 is 0 Å². The summed E-state index contributed by atoms with van der Waals surface area (Å²) in [7, 11) is 0. The second kappa shape index (κ2) is 5.68. The van der Waals surface area contributed by atoms with Crippen molar-refractivity contribution in [2.24, 2.45) is 0 Å². The maximum absolute atomic E-state index is 12.8. The number of halogens is 3. The van der Waals surface area contributed by atoms with E-state index in [9.17, 15) is 18.0 Å². The molecule has 0 unspecified atom stereocenters. The van der Waals surface area contributed by atoms with Crippen molar-refractivity contribution in [1.82, 2.24) is 4.98 Å². The number of aryl methyl sites for hydroxylation is 2. The molecule has 3 nitrogen and oxygen atoms in total. The maximum Gasteiger partial charge on any atom is 0.416 e. The van der Waals surface area contributed by atoms with Crippen molar-refractivity contribution in [3.05, 3.63) is 58.9 Å². The van der Waals surface area contributed by atoms with E-state index < -0.39 is 11.7 Å². The standard InChI is InChI=1S/C17H15F3N2O/c1-11-4-5-13(10-21-11)16(23)22-8-2-3-12-9-14(17(18,19)20)6-7-15(12)22/h4-7,9-10H,2-3,8H2,1H3. The predicted octanol–water partition coefficient (Wildman–Crippen LogP) is 4.00. The molecule has 0 spiro atoms. The van der Waals surface area contributed by atoms with Gasteiger partial charge in [-0.15, -0.1) is 0 Å². The van der Waals surface area contributed by atoms with Crippen LogP contribution in [0.3, 0.4) is 0 Å². The minimum Gasteiger partial charge on any atom is -0.308 e. The molecule has 120 valence electrons. The number of fused-ring (bicyclic) bond motifs is 1. The predicted molar refractivity (Wildman–Crippen MR) is 80.4 cm³/mol. The van der Waals surface area contributed by atoms with Gasteiger partial charge >= 0.3 is 6.18 Å². The van der Waals surface area contributed by atoms with Gasteiger partial charge in [-0.05, 0) is 55.7 Å². The van der Waals surface area contributed by atoms with Crippen LogP contribution in [-0.2, 0) is 12.6 Å². The molecule has 0 N–H and O–H groups in total. The summed E-state index contributed by atoms with van der Waals surface area (Å²) in [4.78, 5) is 18.3. The Morgan fingerprint density at radius 2 is 2.00 bits per heavy atom. The van der Waals surface area contributed by atoms with Gasteiger partial charge in [0.1, 0.15) is 0 Å². The Bertz CT molecular complexity index is 738. The molecule has 0 radical (unpaired) electrons. The lowest BCUT2D eigenvalue weighted by molar-refractivity contribution is -0.137. The molecule has 1 aromatic heterocycles. The smallest absolute Gasteiger partial charge is 0.308 e. The van der Waals surface area contributed by atoms with Gasteiger partial charge in [0.2, 0.25) is 0 Å². The van der Waals surface area contributed by atoms with Gasteiger partial charge in [-0.3, -0.25) is 9.78 Å². The molecule has 2 heterocycles. The Morgan fingerprint density at radius 1 is 1.22 bits per heavy atom. The van der Waals surface area contributed by atoms with E-state index in [4.69, 9.17) is 0 Å². The number of rotatable bonds is 1. The topological polar surface area (TPSA) is 33.2 Å². The number of nitrogens with zero attached hydrogens (tertiary/aromatic N) is 2. The summed E-state index contributed by atoms with van der Waals surface area (Å²) in [6, 6.07) is 6.98. The van der Waals surface area contributed by atoms with E-state index in [0.29, 0.717) is 36.2 Å². The summed E-state index contributed by atoms with van der Waals surface area (Å²) in [5.41, 5.74) is 1.66. The van der Waals surface area contributed by atoms with Gasteiger partial charge in [-0.25, -0.2) is 0 Å². The zero-order valence-corrected chi connectivity index (χ0v) is 12.5. The van der Waals surface area contributed by atoms with Gasteiger partial charge < -0.3 is 4.90 Å². The molecule has 0 saturated carbocycles. The third-order valence-electron chi connectivity index (χ3n) is 3.93. The van der Waals surface area contributed by atoms with Crippen molar-refractivity contribution in [1.29, 1.82) is 0 Å². The Morgan fingerprint density at radius 3 is 2.65 bits per heavy atom. The SMILES string of the molecule is Cc1ccc(C(=O)N2CCCc3cc(C(F)(F)F)ccc32)cn1. The summed E-state index contributed by atoms with van der Waals surface area (Å²) in [5, 5.41) is 0. The number of alkyl halides is 3. The molecular formula is C17H15F3N2O. The van der Waals surface area contributed by atoms with Crippen molar-refractivity contribution >= 4 is 11.6 Å². The van der Waals surface area contributed by atoms with Gasteiger partial charge in [0.15, 0.2) is 0 Å². The number of carbonyl (C=O) groups is 1. The quantitative estimate of drug-likeness (QED) is 0.795. The van der Waals surface area contributed by atoms with Crippen LogP contribution in [0.15, 0.2) is 36.5 Å². The highest BCUT2D eigenvalue weighted by atomic mass is 19.4. The molecule has 1 amide bonds. The van der Waals surface area contributed by atoms with Crippen LogP contribution < -0.4 is 4.90 Å². The number of carbonyl (C=O) groups excluding carboxylic acids is 1. The fourth-order valence-electron chi connectivity index (χ4n) is 2.73. The number of amides is 1. The first-order valence-electron chi connectivity index (χ1n) is 7.31. The molecule has 0 fully saturated rings. The van der Waals surface area contributed by atoms with Gasteiger partial charge in [-0.2, -0.15) is 13.2 Å². The summed E-state index contributed by atoms with van der Waals surface area (Å²) >= 11 is 0. The Labute approximate surface area is 131 Å². The number of benzene rings is 1. The van der Waals surface area contributed by atoms with E-state index in [1.807, 2.05) is 6.92 Å². The summed E-state index contributed by atoms with van der Waals surface area (Å²) in [6.45, 7) is 2.31. The van der Waals surface area contributed by atoms with Crippen LogP contribution in [0, 0.1) is 6.92 Å². The molecule has 0 saturated heterocycles. The van der Waals surface area contributed by atoms with Crippen LogP contribution in [0.2, 0.25) is 0 Å². The Kier molecular flexibility index (Phi) is 3.83. The van der Waals surface area contributed by atoms with Crippen LogP contribution in [-0.4, -0.2) is 17.4 Å². The lowest BCUT2D eigenvalue weighted by Gasteiger charge is -2.30. The van der Waals surface area contributed by atoms with Gasteiger partial charge in [-0.1, -0.05) is 0 Å². The molecule has 23 heavy (non-hydrogen) atoms. The summed E-state index contributed by atoms with van der Waals surface area (Å²) in [6.07, 6.45) is -1.70. The second-order valence-corrected chi connectivity index (χ2v) is 5.59. The average molecular weight is 320 g/mol. The largest absolute Gasteiger partial charge is 0.416 e. The van der Waals surface area contributed by atoms with Crippen molar-refractivity contribution in [2.75, 3.05) is 11.4 Å². The molecule has 1 aromatic carbocycles. The van der Waals surface area contributed by atoms with Crippen molar-refractivity contribution < 1.29 is 18.0 Å².